The fourth-order valence-electron chi connectivity index (χ4n) is 1.34. The Morgan fingerprint density at radius 3 is 2.00 bits per heavy atom. The summed E-state index contributed by atoms with van der Waals surface area (Å²) in [6.45, 7) is 0. The molecule has 0 N–H and O–H groups in total. The maximum Gasteiger partial charge on any atom is 0.314 e. The molecule has 6 heteroatoms. The number of nitrogens with zero attached hydrogens (tertiary/aromatic N) is 1. The fourth-order valence-corrected chi connectivity index (χ4v) is 1.60. The summed E-state index contributed by atoms with van der Waals surface area (Å²) in [5, 5.41) is 0.199. The SMILES string of the molecule is COc1ccc(C(OC)(OC)OC)c(Cl)n1. The molecule has 0 saturated carbocycles. The van der Waals surface area contributed by atoms with Crippen molar-refractivity contribution in [3.05, 3.63) is 22.8 Å². The van der Waals surface area contributed by atoms with Gasteiger partial charge in [-0.15, -0.1) is 0 Å². The molecule has 0 aliphatic rings. The zero-order valence-corrected chi connectivity index (χ0v) is 10.4. The Labute approximate surface area is 99.2 Å². The minimum absolute atomic E-state index is 0.199. The van der Waals surface area contributed by atoms with Gasteiger partial charge in [0, 0.05) is 27.4 Å². The molecule has 0 atom stereocenters. The molecular weight excluding hydrogens is 234 g/mol. The van der Waals surface area contributed by atoms with Gasteiger partial charge in [0.25, 0.3) is 0 Å². The van der Waals surface area contributed by atoms with Crippen molar-refractivity contribution in [3.8, 4) is 5.88 Å². The lowest BCUT2D eigenvalue weighted by Gasteiger charge is -2.29. The predicted molar refractivity (Wildman–Crippen MR) is 58.5 cm³/mol. The summed E-state index contributed by atoms with van der Waals surface area (Å²) < 4.78 is 20.4. The topological polar surface area (TPSA) is 49.8 Å². The van der Waals surface area contributed by atoms with E-state index < -0.39 is 5.97 Å². The average Bonchev–Trinajstić information content (AvgIpc) is 2.33. The van der Waals surface area contributed by atoms with E-state index in [1.54, 1.807) is 12.1 Å². The van der Waals surface area contributed by atoms with Crippen molar-refractivity contribution in [1.82, 2.24) is 4.98 Å². The Balaban J connectivity index is 3.20. The Bertz CT molecular complexity index is 346. The lowest BCUT2D eigenvalue weighted by Crippen LogP contribution is -2.33. The van der Waals surface area contributed by atoms with Crippen LogP contribution < -0.4 is 4.74 Å². The summed E-state index contributed by atoms with van der Waals surface area (Å²) in [5.74, 6) is -0.943. The second kappa shape index (κ2) is 5.45. The Kier molecular flexibility index (Phi) is 4.49. The highest BCUT2D eigenvalue weighted by Gasteiger charge is 2.35. The second-order valence-electron chi connectivity index (χ2n) is 2.86. The third-order valence-corrected chi connectivity index (χ3v) is 2.46. The summed E-state index contributed by atoms with van der Waals surface area (Å²) in [4.78, 5) is 4.00. The predicted octanol–water partition coefficient (Wildman–Crippen LogP) is 1.79. The Morgan fingerprint density at radius 1 is 1.06 bits per heavy atom. The summed E-state index contributed by atoms with van der Waals surface area (Å²) in [6, 6.07) is 3.32. The molecule has 0 bridgehead atoms. The molecule has 0 aliphatic heterocycles. The Hall–Kier alpha value is -0.880. The number of ether oxygens (including phenoxy) is 4. The van der Waals surface area contributed by atoms with Crippen LogP contribution in [0.4, 0.5) is 0 Å². The van der Waals surface area contributed by atoms with Crippen molar-refractivity contribution < 1.29 is 18.9 Å². The molecule has 5 nitrogen and oxygen atoms in total. The molecule has 1 rings (SSSR count). The second-order valence-corrected chi connectivity index (χ2v) is 3.22. The van der Waals surface area contributed by atoms with Gasteiger partial charge in [-0.05, 0) is 6.07 Å². The molecule has 0 aliphatic carbocycles. The van der Waals surface area contributed by atoms with Crippen molar-refractivity contribution in [1.29, 1.82) is 0 Å². The minimum Gasteiger partial charge on any atom is -0.481 e. The van der Waals surface area contributed by atoms with Gasteiger partial charge in [-0.1, -0.05) is 11.6 Å². The van der Waals surface area contributed by atoms with E-state index in [0.29, 0.717) is 11.4 Å². The van der Waals surface area contributed by atoms with Gasteiger partial charge in [0.1, 0.15) is 5.15 Å². The van der Waals surface area contributed by atoms with Crippen LogP contribution in [-0.2, 0) is 20.2 Å². The van der Waals surface area contributed by atoms with Crippen LogP contribution in [0.1, 0.15) is 5.56 Å². The van der Waals surface area contributed by atoms with Crippen LogP contribution in [0.15, 0.2) is 12.1 Å². The summed E-state index contributed by atoms with van der Waals surface area (Å²) in [6.07, 6.45) is 0. The van der Waals surface area contributed by atoms with E-state index in [2.05, 4.69) is 4.98 Å². The number of aromatic nitrogens is 1. The average molecular weight is 248 g/mol. The third kappa shape index (κ3) is 2.27. The maximum absolute atomic E-state index is 6.00. The van der Waals surface area contributed by atoms with Gasteiger partial charge in [0.15, 0.2) is 0 Å². The van der Waals surface area contributed by atoms with Gasteiger partial charge in [-0.25, -0.2) is 4.98 Å². The first-order chi connectivity index (χ1) is 7.63. The molecule has 1 aromatic rings. The molecule has 0 unspecified atom stereocenters. The molecule has 90 valence electrons. The molecule has 0 aromatic carbocycles. The lowest BCUT2D eigenvalue weighted by atomic mass is 10.2. The van der Waals surface area contributed by atoms with Crippen LogP contribution >= 0.6 is 11.6 Å². The van der Waals surface area contributed by atoms with Gasteiger partial charge in [-0.2, -0.15) is 0 Å². The number of halogens is 1. The number of methoxy groups -OCH3 is 4. The van der Waals surface area contributed by atoms with Gasteiger partial charge in [0.05, 0.1) is 12.7 Å². The Morgan fingerprint density at radius 2 is 1.62 bits per heavy atom. The quantitative estimate of drug-likeness (QED) is 0.587. The van der Waals surface area contributed by atoms with E-state index in [4.69, 9.17) is 30.5 Å². The highest BCUT2D eigenvalue weighted by molar-refractivity contribution is 6.30. The highest BCUT2D eigenvalue weighted by Crippen LogP contribution is 2.32. The van der Waals surface area contributed by atoms with Gasteiger partial charge in [0.2, 0.25) is 5.88 Å². The van der Waals surface area contributed by atoms with Gasteiger partial charge < -0.3 is 18.9 Å². The van der Waals surface area contributed by atoms with E-state index in [0.717, 1.165) is 0 Å². The number of hydrogen-bond acceptors (Lipinski definition) is 5. The minimum atomic E-state index is -1.35. The van der Waals surface area contributed by atoms with Crippen molar-refractivity contribution in [3.63, 3.8) is 0 Å². The van der Waals surface area contributed by atoms with Crippen molar-refractivity contribution in [2.24, 2.45) is 0 Å². The molecule has 0 spiro atoms. The molecule has 1 heterocycles. The van der Waals surface area contributed by atoms with Crippen LogP contribution in [0.2, 0.25) is 5.15 Å². The van der Waals surface area contributed by atoms with E-state index in [-0.39, 0.29) is 5.15 Å². The van der Waals surface area contributed by atoms with Gasteiger partial charge in [-0.3, -0.25) is 0 Å². The maximum atomic E-state index is 6.00. The smallest absolute Gasteiger partial charge is 0.314 e. The number of pyridine rings is 1. The molecule has 0 saturated heterocycles. The molecule has 0 fully saturated rings. The lowest BCUT2D eigenvalue weighted by molar-refractivity contribution is -0.364. The third-order valence-electron chi connectivity index (χ3n) is 2.17. The summed E-state index contributed by atoms with van der Waals surface area (Å²) in [7, 11) is 5.86. The van der Waals surface area contributed by atoms with Crippen molar-refractivity contribution in [2.45, 2.75) is 5.97 Å². The zero-order chi connectivity index (χ0) is 12.2. The van der Waals surface area contributed by atoms with Crippen LogP contribution in [0, 0.1) is 0 Å². The van der Waals surface area contributed by atoms with Crippen LogP contribution in [0.3, 0.4) is 0 Å². The van der Waals surface area contributed by atoms with E-state index >= 15 is 0 Å². The van der Waals surface area contributed by atoms with E-state index in [9.17, 15) is 0 Å². The summed E-state index contributed by atoms with van der Waals surface area (Å²) in [5.41, 5.74) is 0.475. The molecular formula is C10H14ClNO4. The van der Waals surface area contributed by atoms with Crippen molar-refractivity contribution in [2.75, 3.05) is 28.4 Å². The van der Waals surface area contributed by atoms with Crippen LogP contribution in [-0.4, -0.2) is 33.4 Å². The van der Waals surface area contributed by atoms with Gasteiger partial charge >= 0.3 is 5.97 Å². The molecule has 16 heavy (non-hydrogen) atoms. The zero-order valence-electron chi connectivity index (χ0n) is 9.61. The highest BCUT2D eigenvalue weighted by atomic mass is 35.5. The van der Waals surface area contributed by atoms with E-state index in [1.807, 2.05) is 0 Å². The standard InChI is InChI=1S/C10H14ClNO4/c1-13-8-6-5-7(9(11)12-8)10(14-2,15-3)16-4/h5-6H,1-4H3. The first kappa shape index (κ1) is 13.2. The first-order valence-corrected chi connectivity index (χ1v) is 4.87. The van der Waals surface area contributed by atoms with Crippen LogP contribution in [0.5, 0.6) is 5.88 Å². The number of rotatable bonds is 5. The van der Waals surface area contributed by atoms with E-state index in [1.165, 1.54) is 28.4 Å². The first-order valence-electron chi connectivity index (χ1n) is 4.50. The summed E-state index contributed by atoms with van der Waals surface area (Å²) >= 11 is 6.00. The molecule has 0 radical (unpaired) electrons. The largest absolute Gasteiger partial charge is 0.481 e. The molecule has 0 amide bonds. The number of hydrogen-bond donors (Lipinski definition) is 0. The molecule has 1 aromatic heterocycles. The fraction of sp³-hybridized carbons (Fsp3) is 0.500. The van der Waals surface area contributed by atoms with Crippen LogP contribution in [0.25, 0.3) is 0 Å². The monoisotopic (exact) mass is 247 g/mol. The van der Waals surface area contributed by atoms with Crippen molar-refractivity contribution >= 4 is 11.6 Å². The normalized spacial score (nSPS) is 11.6.